The van der Waals surface area contributed by atoms with Crippen molar-refractivity contribution in [3.63, 3.8) is 0 Å². The van der Waals surface area contributed by atoms with Crippen molar-refractivity contribution in [2.45, 2.75) is 18.2 Å². The Balaban J connectivity index is 2.06. The zero-order valence-electron chi connectivity index (χ0n) is 13.2. The molecule has 3 rings (SSSR count). The van der Waals surface area contributed by atoms with Crippen LogP contribution in [0.4, 0.5) is 5.69 Å². The molecule has 2 N–H and O–H groups in total. The largest absolute Gasteiger partial charge is 0.486 e. The van der Waals surface area contributed by atoms with Crippen molar-refractivity contribution in [2.24, 2.45) is 11.1 Å². The highest BCUT2D eigenvalue weighted by Crippen LogP contribution is 2.41. The average molecular weight is 357 g/mol. The predicted octanol–water partition coefficient (Wildman–Crippen LogP) is 0.725. The zero-order chi connectivity index (χ0) is 17.5. The van der Waals surface area contributed by atoms with Gasteiger partial charge in [-0.2, -0.15) is 4.31 Å². The Hall–Kier alpha value is -1.91. The van der Waals surface area contributed by atoms with Gasteiger partial charge in [0.1, 0.15) is 13.2 Å². The summed E-state index contributed by atoms with van der Waals surface area (Å²) < 4.78 is 37.8. The standard InChI is InChI=1S/C14H19N3O6S/c1-14(8-15)2-3-16(9-14)24(20,21)13-7-12-11(22-4-5-23-12)6-10(13)17(18)19/h6-7H,2-5,8-9,15H2,1H3. The van der Waals surface area contributed by atoms with E-state index in [4.69, 9.17) is 15.2 Å². The van der Waals surface area contributed by atoms with Crippen molar-refractivity contribution in [1.82, 2.24) is 4.31 Å². The summed E-state index contributed by atoms with van der Waals surface area (Å²) in [6, 6.07) is 2.29. The molecule has 132 valence electrons. The molecule has 1 unspecified atom stereocenters. The van der Waals surface area contributed by atoms with Crippen LogP contribution < -0.4 is 15.2 Å². The van der Waals surface area contributed by atoms with E-state index in [1.807, 2.05) is 6.92 Å². The topological polar surface area (TPSA) is 125 Å². The van der Waals surface area contributed by atoms with Crippen LogP contribution in [-0.2, 0) is 10.0 Å². The minimum absolute atomic E-state index is 0.181. The second-order valence-corrected chi connectivity index (χ2v) is 8.23. The third-order valence-electron chi connectivity index (χ3n) is 4.45. The van der Waals surface area contributed by atoms with Crippen LogP contribution in [0.3, 0.4) is 0 Å². The van der Waals surface area contributed by atoms with Crippen LogP contribution in [0.5, 0.6) is 11.5 Å². The van der Waals surface area contributed by atoms with Crippen molar-refractivity contribution in [3.05, 3.63) is 22.2 Å². The average Bonchev–Trinajstić information content (AvgIpc) is 2.97. The second-order valence-electron chi connectivity index (χ2n) is 6.32. The summed E-state index contributed by atoms with van der Waals surface area (Å²) in [5.74, 6) is 0.381. The first kappa shape index (κ1) is 16.9. The number of nitrogens with zero attached hydrogens (tertiary/aromatic N) is 2. The van der Waals surface area contributed by atoms with Gasteiger partial charge in [-0.25, -0.2) is 8.42 Å². The van der Waals surface area contributed by atoms with Crippen molar-refractivity contribution in [3.8, 4) is 11.5 Å². The Kier molecular flexibility index (Phi) is 4.14. The number of ether oxygens (including phenoxy) is 2. The van der Waals surface area contributed by atoms with E-state index in [1.54, 1.807) is 0 Å². The maximum absolute atomic E-state index is 12.9. The Morgan fingerprint density at radius 1 is 1.33 bits per heavy atom. The smallest absolute Gasteiger partial charge is 0.293 e. The third kappa shape index (κ3) is 2.80. The minimum Gasteiger partial charge on any atom is -0.486 e. The number of hydrogen-bond acceptors (Lipinski definition) is 7. The summed E-state index contributed by atoms with van der Waals surface area (Å²) >= 11 is 0. The number of rotatable bonds is 4. The molecule has 1 saturated heterocycles. The SMILES string of the molecule is CC1(CN)CCN(S(=O)(=O)c2cc3c(cc2[N+](=O)[O-])OCCO3)C1. The van der Waals surface area contributed by atoms with E-state index in [1.165, 1.54) is 10.4 Å². The van der Waals surface area contributed by atoms with E-state index in [0.29, 0.717) is 13.0 Å². The fourth-order valence-corrected chi connectivity index (χ4v) is 4.64. The lowest BCUT2D eigenvalue weighted by molar-refractivity contribution is -0.388. The maximum Gasteiger partial charge on any atom is 0.293 e. The third-order valence-corrected chi connectivity index (χ3v) is 6.33. The highest BCUT2D eigenvalue weighted by Gasteiger charge is 2.42. The molecule has 0 amide bonds. The molecular formula is C14H19N3O6S. The van der Waals surface area contributed by atoms with E-state index in [9.17, 15) is 18.5 Å². The Labute approximate surface area is 139 Å². The molecule has 9 nitrogen and oxygen atoms in total. The maximum atomic E-state index is 12.9. The molecule has 0 bridgehead atoms. The second kappa shape index (κ2) is 5.87. The molecule has 2 heterocycles. The van der Waals surface area contributed by atoms with Crippen molar-refractivity contribution in [2.75, 3.05) is 32.8 Å². The molecule has 1 fully saturated rings. The highest BCUT2D eigenvalue weighted by molar-refractivity contribution is 7.89. The lowest BCUT2D eigenvalue weighted by atomic mass is 9.90. The number of nitrogens with two attached hydrogens (primary N) is 1. The van der Waals surface area contributed by atoms with Gasteiger partial charge >= 0.3 is 0 Å². The van der Waals surface area contributed by atoms with Crippen LogP contribution in [-0.4, -0.2) is 50.5 Å². The highest BCUT2D eigenvalue weighted by atomic mass is 32.2. The van der Waals surface area contributed by atoms with E-state index in [0.717, 1.165) is 6.07 Å². The van der Waals surface area contributed by atoms with Crippen LogP contribution in [0.1, 0.15) is 13.3 Å². The first-order valence-electron chi connectivity index (χ1n) is 7.55. The predicted molar refractivity (Wildman–Crippen MR) is 84.6 cm³/mol. The number of hydrogen-bond donors (Lipinski definition) is 1. The minimum atomic E-state index is -4.03. The summed E-state index contributed by atoms with van der Waals surface area (Å²) in [5, 5.41) is 11.4. The Morgan fingerprint density at radius 3 is 2.50 bits per heavy atom. The first-order valence-corrected chi connectivity index (χ1v) is 8.99. The van der Waals surface area contributed by atoms with Gasteiger partial charge in [-0.3, -0.25) is 10.1 Å². The molecule has 1 atom stereocenters. The molecule has 0 saturated carbocycles. The molecule has 0 aromatic heterocycles. The molecule has 2 aliphatic rings. The molecule has 0 radical (unpaired) electrons. The van der Waals surface area contributed by atoms with Gasteiger partial charge in [0.05, 0.1) is 11.0 Å². The number of benzene rings is 1. The molecular weight excluding hydrogens is 338 g/mol. The Morgan fingerprint density at radius 2 is 1.96 bits per heavy atom. The number of fused-ring (bicyclic) bond motifs is 1. The quantitative estimate of drug-likeness (QED) is 0.622. The molecule has 0 aliphatic carbocycles. The lowest BCUT2D eigenvalue weighted by Gasteiger charge is -2.23. The molecule has 1 aromatic rings. The van der Waals surface area contributed by atoms with Crippen LogP contribution in [0.15, 0.2) is 17.0 Å². The summed E-state index contributed by atoms with van der Waals surface area (Å²) in [5.41, 5.74) is 4.88. The van der Waals surface area contributed by atoms with Gasteiger partial charge in [0.15, 0.2) is 16.4 Å². The lowest BCUT2D eigenvalue weighted by Crippen LogP contribution is -2.34. The van der Waals surface area contributed by atoms with E-state index in [-0.39, 0.29) is 48.1 Å². The number of nitro benzene ring substituents is 1. The zero-order valence-corrected chi connectivity index (χ0v) is 14.0. The Bertz CT molecular complexity index is 781. The number of sulfonamides is 1. The fourth-order valence-electron chi connectivity index (χ4n) is 2.90. The number of nitro groups is 1. The van der Waals surface area contributed by atoms with Crippen molar-refractivity contribution >= 4 is 15.7 Å². The van der Waals surface area contributed by atoms with Gasteiger partial charge in [0.2, 0.25) is 10.0 Å². The summed E-state index contributed by atoms with van der Waals surface area (Å²) in [6.07, 6.45) is 0.612. The normalized spacial score (nSPS) is 24.1. The molecule has 10 heteroatoms. The van der Waals surface area contributed by atoms with Gasteiger partial charge in [-0.15, -0.1) is 0 Å². The van der Waals surface area contributed by atoms with Gasteiger partial charge in [-0.05, 0) is 18.4 Å². The molecule has 1 aromatic carbocycles. The van der Waals surface area contributed by atoms with Crippen molar-refractivity contribution < 1.29 is 22.8 Å². The van der Waals surface area contributed by atoms with E-state index >= 15 is 0 Å². The van der Waals surface area contributed by atoms with E-state index < -0.39 is 20.6 Å². The fraction of sp³-hybridized carbons (Fsp3) is 0.571. The molecule has 2 aliphatic heterocycles. The first-order chi connectivity index (χ1) is 11.3. The van der Waals surface area contributed by atoms with Gasteiger partial charge in [0.25, 0.3) is 5.69 Å². The van der Waals surface area contributed by atoms with Gasteiger partial charge in [-0.1, -0.05) is 6.92 Å². The van der Waals surface area contributed by atoms with Crippen LogP contribution >= 0.6 is 0 Å². The monoisotopic (exact) mass is 357 g/mol. The molecule has 0 spiro atoms. The van der Waals surface area contributed by atoms with Crippen LogP contribution in [0.25, 0.3) is 0 Å². The molecule has 24 heavy (non-hydrogen) atoms. The van der Waals surface area contributed by atoms with Crippen LogP contribution in [0.2, 0.25) is 0 Å². The summed E-state index contributed by atoms with van der Waals surface area (Å²) in [7, 11) is -4.03. The van der Waals surface area contributed by atoms with Gasteiger partial charge in [0, 0.05) is 19.2 Å². The summed E-state index contributed by atoms with van der Waals surface area (Å²) in [4.78, 5) is 10.3. The van der Waals surface area contributed by atoms with Crippen LogP contribution in [0, 0.1) is 15.5 Å². The van der Waals surface area contributed by atoms with E-state index in [2.05, 4.69) is 0 Å². The van der Waals surface area contributed by atoms with Gasteiger partial charge < -0.3 is 15.2 Å². The van der Waals surface area contributed by atoms with Crippen molar-refractivity contribution in [1.29, 1.82) is 0 Å². The summed E-state index contributed by atoms with van der Waals surface area (Å²) in [6.45, 7) is 3.29.